The Morgan fingerprint density at radius 1 is 1.54 bits per heavy atom. The summed E-state index contributed by atoms with van der Waals surface area (Å²) in [6, 6.07) is 0.0416. The first-order chi connectivity index (χ1) is 5.99. The summed E-state index contributed by atoms with van der Waals surface area (Å²) in [5, 5.41) is 3.34. The van der Waals surface area contributed by atoms with Gasteiger partial charge >= 0.3 is 0 Å². The summed E-state index contributed by atoms with van der Waals surface area (Å²) in [5.74, 6) is 0.235. The van der Waals surface area contributed by atoms with Crippen molar-refractivity contribution >= 4 is 5.91 Å². The topological polar surface area (TPSA) is 32.3 Å². The van der Waals surface area contributed by atoms with Crippen molar-refractivity contribution in [2.75, 3.05) is 7.05 Å². The van der Waals surface area contributed by atoms with Gasteiger partial charge in [-0.25, -0.2) is 0 Å². The lowest BCUT2D eigenvalue weighted by Gasteiger charge is -2.27. The number of hydrogen-bond donors (Lipinski definition) is 1. The van der Waals surface area contributed by atoms with E-state index in [2.05, 4.69) is 12.2 Å². The number of amides is 1. The average molecular weight is 184 g/mol. The van der Waals surface area contributed by atoms with E-state index in [1.54, 1.807) is 4.90 Å². The van der Waals surface area contributed by atoms with Crippen molar-refractivity contribution in [1.82, 2.24) is 10.2 Å². The van der Waals surface area contributed by atoms with Crippen LogP contribution in [-0.2, 0) is 4.79 Å². The van der Waals surface area contributed by atoms with Crippen molar-refractivity contribution in [2.45, 2.75) is 51.7 Å². The Balaban J connectivity index is 2.56. The number of carbonyl (C=O) groups is 1. The second kappa shape index (κ2) is 3.66. The first kappa shape index (κ1) is 10.5. The Morgan fingerprint density at radius 3 is 2.54 bits per heavy atom. The van der Waals surface area contributed by atoms with Gasteiger partial charge < -0.3 is 4.90 Å². The summed E-state index contributed by atoms with van der Waals surface area (Å²) in [5.41, 5.74) is -0.171. The van der Waals surface area contributed by atoms with Crippen LogP contribution in [0.3, 0.4) is 0 Å². The lowest BCUT2D eigenvalue weighted by molar-refractivity contribution is -0.130. The normalized spacial score (nSPS) is 26.9. The van der Waals surface area contributed by atoms with Gasteiger partial charge in [-0.3, -0.25) is 10.1 Å². The van der Waals surface area contributed by atoms with E-state index >= 15 is 0 Å². The SMILES string of the molecule is CCCC[C@@H]1NC(C)(C)N(C)C1=O. The van der Waals surface area contributed by atoms with Crippen molar-refractivity contribution in [3.05, 3.63) is 0 Å². The van der Waals surface area contributed by atoms with E-state index in [-0.39, 0.29) is 17.6 Å². The fourth-order valence-electron chi connectivity index (χ4n) is 1.70. The number of likely N-dealkylation sites (N-methyl/N-ethyl adjacent to an activating group) is 1. The minimum absolute atomic E-state index is 0.0416. The summed E-state index contributed by atoms with van der Waals surface area (Å²) in [4.78, 5) is 13.5. The maximum atomic E-state index is 11.7. The summed E-state index contributed by atoms with van der Waals surface area (Å²) in [6.45, 7) is 6.22. The lowest BCUT2D eigenvalue weighted by Crippen LogP contribution is -2.45. The van der Waals surface area contributed by atoms with Crippen LogP contribution in [-0.4, -0.2) is 29.6 Å². The van der Waals surface area contributed by atoms with Crippen molar-refractivity contribution in [3.8, 4) is 0 Å². The lowest BCUT2D eigenvalue weighted by atomic mass is 10.1. The number of unbranched alkanes of at least 4 members (excludes halogenated alkanes) is 1. The number of nitrogens with one attached hydrogen (secondary N) is 1. The van der Waals surface area contributed by atoms with Crippen LogP contribution in [0.2, 0.25) is 0 Å². The van der Waals surface area contributed by atoms with Crippen LogP contribution < -0.4 is 5.32 Å². The molecule has 0 aromatic rings. The monoisotopic (exact) mass is 184 g/mol. The van der Waals surface area contributed by atoms with Gasteiger partial charge in [0.1, 0.15) is 0 Å². The fraction of sp³-hybridized carbons (Fsp3) is 0.900. The standard InChI is InChI=1S/C10H20N2O/c1-5-6-7-8-9(13)12(4)10(2,3)11-8/h8,11H,5-7H2,1-4H3/t8-/m0/s1. The van der Waals surface area contributed by atoms with Crippen LogP contribution in [0.1, 0.15) is 40.0 Å². The molecule has 0 bridgehead atoms. The molecule has 0 aromatic carbocycles. The Labute approximate surface area is 80.5 Å². The zero-order valence-electron chi connectivity index (χ0n) is 9.05. The molecule has 0 spiro atoms. The molecule has 1 fully saturated rings. The molecule has 1 N–H and O–H groups in total. The minimum atomic E-state index is -0.171. The number of nitrogens with zero attached hydrogens (tertiary/aromatic N) is 1. The van der Waals surface area contributed by atoms with Gasteiger partial charge in [0.05, 0.1) is 11.7 Å². The van der Waals surface area contributed by atoms with Crippen molar-refractivity contribution < 1.29 is 4.79 Å². The van der Waals surface area contributed by atoms with E-state index in [0.29, 0.717) is 0 Å². The van der Waals surface area contributed by atoms with E-state index in [1.165, 1.54) is 0 Å². The highest BCUT2D eigenvalue weighted by Crippen LogP contribution is 2.21. The Kier molecular flexibility index (Phi) is 2.96. The van der Waals surface area contributed by atoms with Crippen LogP contribution in [0, 0.1) is 0 Å². The summed E-state index contributed by atoms with van der Waals surface area (Å²) < 4.78 is 0. The summed E-state index contributed by atoms with van der Waals surface area (Å²) in [6.07, 6.45) is 3.23. The molecule has 0 saturated carbocycles. The second-order valence-electron chi connectivity index (χ2n) is 4.30. The summed E-state index contributed by atoms with van der Waals surface area (Å²) >= 11 is 0. The highest BCUT2D eigenvalue weighted by Gasteiger charge is 2.41. The van der Waals surface area contributed by atoms with Gasteiger partial charge in [-0.2, -0.15) is 0 Å². The van der Waals surface area contributed by atoms with Crippen molar-refractivity contribution in [3.63, 3.8) is 0 Å². The van der Waals surface area contributed by atoms with Gasteiger partial charge in [-0.05, 0) is 20.3 Å². The Morgan fingerprint density at radius 2 is 2.15 bits per heavy atom. The van der Waals surface area contributed by atoms with E-state index in [9.17, 15) is 4.79 Å². The molecular formula is C10H20N2O. The molecule has 1 heterocycles. The quantitative estimate of drug-likeness (QED) is 0.718. The molecule has 1 saturated heterocycles. The first-order valence-electron chi connectivity index (χ1n) is 5.04. The molecule has 1 amide bonds. The highest BCUT2D eigenvalue weighted by atomic mass is 16.2. The molecule has 1 rings (SSSR count). The predicted octanol–water partition coefficient (Wildman–Crippen LogP) is 1.34. The van der Waals surface area contributed by atoms with Gasteiger partial charge in [0, 0.05) is 7.05 Å². The fourth-order valence-corrected chi connectivity index (χ4v) is 1.70. The Hall–Kier alpha value is -0.570. The minimum Gasteiger partial charge on any atom is -0.327 e. The zero-order chi connectivity index (χ0) is 10.1. The van der Waals surface area contributed by atoms with Crippen LogP contribution >= 0.6 is 0 Å². The molecule has 1 aliphatic rings. The molecule has 0 radical (unpaired) electrons. The van der Waals surface area contributed by atoms with Crippen LogP contribution in [0.5, 0.6) is 0 Å². The third-order valence-electron chi connectivity index (χ3n) is 2.84. The third-order valence-corrected chi connectivity index (χ3v) is 2.84. The van der Waals surface area contributed by atoms with Crippen molar-refractivity contribution in [2.24, 2.45) is 0 Å². The zero-order valence-corrected chi connectivity index (χ0v) is 9.05. The molecule has 0 unspecified atom stereocenters. The molecule has 1 atom stereocenters. The molecule has 0 aromatic heterocycles. The number of carbonyl (C=O) groups excluding carboxylic acids is 1. The molecule has 3 nitrogen and oxygen atoms in total. The second-order valence-corrected chi connectivity index (χ2v) is 4.30. The highest BCUT2D eigenvalue weighted by molar-refractivity contribution is 5.84. The van der Waals surface area contributed by atoms with Gasteiger partial charge in [-0.1, -0.05) is 19.8 Å². The van der Waals surface area contributed by atoms with Gasteiger partial charge in [0.25, 0.3) is 0 Å². The summed E-state index contributed by atoms with van der Waals surface area (Å²) in [7, 11) is 1.86. The molecule has 1 aliphatic heterocycles. The Bertz CT molecular complexity index is 201. The largest absolute Gasteiger partial charge is 0.327 e. The van der Waals surface area contributed by atoms with Crippen LogP contribution in [0.15, 0.2) is 0 Å². The van der Waals surface area contributed by atoms with E-state index in [4.69, 9.17) is 0 Å². The maximum absolute atomic E-state index is 11.7. The third kappa shape index (κ3) is 2.02. The van der Waals surface area contributed by atoms with E-state index in [0.717, 1.165) is 19.3 Å². The first-order valence-corrected chi connectivity index (χ1v) is 5.04. The predicted molar refractivity (Wildman–Crippen MR) is 53.3 cm³/mol. The molecule has 13 heavy (non-hydrogen) atoms. The molecular weight excluding hydrogens is 164 g/mol. The van der Waals surface area contributed by atoms with Gasteiger partial charge in [0.2, 0.25) is 5.91 Å². The molecule has 0 aliphatic carbocycles. The van der Waals surface area contributed by atoms with Crippen LogP contribution in [0.25, 0.3) is 0 Å². The number of rotatable bonds is 3. The van der Waals surface area contributed by atoms with E-state index < -0.39 is 0 Å². The molecule has 76 valence electrons. The number of hydrogen-bond acceptors (Lipinski definition) is 2. The average Bonchev–Trinajstić information content (AvgIpc) is 2.26. The van der Waals surface area contributed by atoms with Gasteiger partial charge in [0.15, 0.2) is 0 Å². The maximum Gasteiger partial charge on any atom is 0.240 e. The van der Waals surface area contributed by atoms with Crippen molar-refractivity contribution in [1.29, 1.82) is 0 Å². The van der Waals surface area contributed by atoms with Gasteiger partial charge in [-0.15, -0.1) is 0 Å². The smallest absolute Gasteiger partial charge is 0.240 e. The van der Waals surface area contributed by atoms with E-state index in [1.807, 2.05) is 20.9 Å². The van der Waals surface area contributed by atoms with Crippen LogP contribution in [0.4, 0.5) is 0 Å². The molecule has 3 heteroatoms.